The van der Waals surface area contributed by atoms with Crippen LogP contribution in [0.1, 0.15) is 65.7 Å². The van der Waals surface area contributed by atoms with Gasteiger partial charge >= 0.3 is 0 Å². The Morgan fingerprint density at radius 2 is 1.60 bits per heavy atom. The molecule has 0 aromatic rings. The van der Waals surface area contributed by atoms with Crippen molar-refractivity contribution in [2.24, 2.45) is 23.7 Å². The molecule has 0 aromatic carbocycles. The second-order valence-electron chi connectivity index (χ2n) is 9.03. The largest absolute Gasteiger partial charge is 0.352 e. The van der Waals surface area contributed by atoms with Crippen molar-refractivity contribution in [2.75, 3.05) is 13.1 Å². The van der Waals surface area contributed by atoms with E-state index in [4.69, 9.17) is 0 Å². The van der Waals surface area contributed by atoms with Crippen LogP contribution in [0.3, 0.4) is 0 Å². The molecule has 4 bridgehead atoms. The first kappa shape index (κ1) is 18.7. The van der Waals surface area contributed by atoms with Gasteiger partial charge in [-0.25, -0.2) is 0 Å². The summed E-state index contributed by atoms with van der Waals surface area (Å²) in [7, 11) is 0. The summed E-state index contributed by atoms with van der Waals surface area (Å²) in [6.07, 6.45) is 13.6. The molecule has 25 heavy (non-hydrogen) atoms. The van der Waals surface area contributed by atoms with Crippen LogP contribution in [-0.2, 0) is 4.79 Å². The van der Waals surface area contributed by atoms with Gasteiger partial charge in [-0.15, -0.1) is 0 Å². The zero-order valence-electron chi connectivity index (χ0n) is 16.3. The molecule has 4 aliphatic carbocycles. The first-order valence-corrected chi connectivity index (χ1v) is 10.3. The maximum atomic E-state index is 12.3. The van der Waals surface area contributed by atoms with Crippen molar-refractivity contribution < 1.29 is 4.79 Å². The minimum Gasteiger partial charge on any atom is -0.352 e. The van der Waals surface area contributed by atoms with E-state index < -0.39 is 0 Å². The number of nitrogens with one attached hydrogen (secondary N) is 2. The van der Waals surface area contributed by atoms with Gasteiger partial charge in [-0.3, -0.25) is 4.79 Å². The van der Waals surface area contributed by atoms with Gasteiger partial charge in [-0.05, 0) is 89.4 Å². The van der Waals surface area contributed by atoms with E-state index in [0.717, 1.165) is 43.1 Å². The van der Waals surface area contributed by atoms with Crippen molar-refractivity contribution in [3.05, 3.63) is 23.3 Å². The summed E-state index contributed by atoms with van der Waals surface area (Å²) in [5.74, 6) is 3.64. The molecule has 0 atom stereocenters. The van der Waals surface area contributed by atoms with Crippen molar-refractivity contribution in [3.8, 4) is 0 Å². The fourth-order valence-electron chi connectivity index (χ4n) is 5.52. The van der Waals surface area contributed by atoms with Crippen LogP contribution in [0.2, 0.25) is 0 Å². The molecule has 0 aliphatic heterocycles. The van der Waals surface area contributed by atoms with Crippen LogP contribution in [0, 0.1) is 23.7 Å². The van der Waals surface area contributed by atoms with Crippen LogP contribution in [-0.4, -0.2) is 25.0 Å². The highest BCUT2D eigenvalue weighted by Gasteiger charge is 2.48. The van der Waals surface area contributed by atoms with Gasteiger partial charge in [-0.1, -0.05) is 23.3 Å². The Balaban J connectivity index is 1.34. The van der Waals surface area contributed by atoms with Crippen LogP contribution in [0.4, 0.5) is 0 Å². The first-order chi connectivity index (χ1) is 12.0. The van der Waals surface area contributed by atoms with Gasteiger partial charge in [0.15, 0.2) is 0 Å². The smallest absolute Gasteiger partial charge is 0.234 e. The predicted octanol–water partition coefficient (Wildman–Crippen LogP) is 4.21. The average Bonchev–Trinajstić information content (AvgIpc) is 2.54. The fraction of sp³-hybridized carbons (Fsp3) is 0.773. The molecule has 3 nitrogen and oxygen atoms in total. The molecule has 4 aliphatic rings. The molecule has 4 fully saturated rings. The zero-order chi connectivity index (χ0) is 17.8. The number of allylic oxidation sites excluding steroid dienone is 3. The SMILES string of the molecule is CC(C)=CCCC(C)=CCNCC(=O)NC1C2CC3CC(C2)CC1C3. The van der Waals surface area contributed by atoms with Crippen molar-refractivity contribution in [3.63, 3.8) is 0 Å². The van der Waals surface area contributed by atoms with Crippen LogP contribution in [0.5, 0.6) is 0 Å². The van der Waals surface area contributed by atoms with Crippen molar-refractivity contribution in [1.82, 2.24) is 10.6 Å². The highest BCUT2D eigenvalue weighted by Crippen LogP contribution is 2.53. The normalized spacial score (nSPS) is 33.4. The molecule has 0 saturated heterocycles. The molecule has 4 rings (SSSR count). The number of amides is 1. The third-order valence-electron chi connectivity index (χ3n) is 6.53. The lowest BCUT2D eigenvalue weighted by atomic mass is 9.54. The second-order valence-corrected chi connectivity index (χ2v) is 9.03. The highest BCUT2D eigenvalue weighted by molar-refractivity contribution is 5.78. The quantitative estimate of drug-likeness (QED) is 0.511. The topological polar surface area (TPSA) is 41.1 Å². The summed E-state index contributed by atoms with van der Waals surface area (Å²) in [4.78, 5) is 12.3. The molecule has 0 spiro atoms. The summed E-state index contributed by atoms with van der Waals surface area (Å²) in [5, 5.41) is 6.65. The maximum Gasteiger partial charge on any atom is 0.234 e. The molecular weight excluding hydrogens is 308 g/mol. The Hall–Kier alpha value is -1.09. The summed E-state index contributed by atoms with van der Waals surface area (Å²) < 4.78 is 0. The van der Waals surface area contributed by atoms with Crippen LogP contribution < -0.4 is 10.6 Å². The molecule has 0 radical (unpaired) electrons. The molecule has 0 unspecified atom stereocenters. The lowest BCUT2D eigenvalue weighted by Crippen LogP contribution is -2.56. The molecule has 0 aromatic heterocycles. The second kappa shape index (κ2) is 8.53. The van der Waals surface area contributed by atoms with Gasteiger partial charge in [0, 0.05) is 12.6 Å². The average molecular weight is 345 g/mol. The Bertz CT molecular complexity index is 502. The monoisotopic (exact) mass is 344 g/mol. The van der Waals surface area contributed by atoms with Crippen LogP contribution in [0.15, 0.2) is 23.3 Å². The zero-order valence-corrected chi connectivity index (χ0v) is 16.3. The summed E-state index contributed by atoms with van der Waals surface area (Å²) in [5.41, 5.74) is 2.78. The summed E-state index contributed by atoms with van der Waals surface area (Å²) in [6.45, 7) is 7.69. The van der Waals surface area contributed by atoms with E-state index in [9.17, 15) is 4.79 Å². The number of carbonyl (C=O) groups excluding carboxylic acids is 1. The third-order valence-corrected chi connectivity index (χ3v) is 6.53. The molecule has 3 heteroatoms. The number of hydrogen-bond acceptors (Lipinski definition) is 2. The van der Waals surface area contributed by atoms with Gasteiger partial charge in [0.1, 0.15) is 0 Å². The molecule has 2 N–H and O–H groups in total. The van der Waals surface area contributed by atoms with E-state index in [-0.39, 0.29) is 5.91 Å². The molecular formula is C22H36N2O. The van der Waals surface area contributed by atoms with E-state index >= 15 is 0 Å². The maximum absolute atomic E-state index is 12.3. The van der Waals surface area contributed by atoms with E-state index in [1.165, 1.54) is 43.3 Å². The standard InChI is InChI=1S/C22H36N2O/c1-15(2)5-4-6-16(3)7-8-23-14-21(25)24-22-19-10-17-9-18(12-19)13-20(22)11-17/h5,7,17-20,22-23H,4,6,8-14H2,1-3H3,(H,24,25). The Labute approximate surface area is 153 Å². The van der Waals surface area contributed by atoms with E-state index in [2.05, 4.69) is 43.6 Å². The lowest BCUT2D eigenvalue weighted by molar-refractivity contribution is -0.124. The molecule has 140 valence electrons. The van der Waals surface area contributed by atoms with Crippen LogP contribution in [0.25, 0.3) is 0 Å². The molecule has 4 saturated carbocycles. The minimum absolute atomic E-state index is 0.188. The van der Waals surface area contributed by atoms with Crippen LogP contribution >= 0.6 is 0 Å². The predicted molar refractivity (Wildman–Crippen MR) is 104 cm³/mol. The highest BCUT2D eigenvalue weighted by atomic mass is 16.2. The first-order valence-electron chi connectivity index (χ1n) is 10.3. The van der Waals surface area contributed by atoms with E-state index in [1.54, 1.807) is 0 Å². The van der Waals surface area contributed by atoms with E-state index in [0.29, 0.717) is 12.6 Å². The van der Waals surface area contributed by atoms with Gasteiger partial charge in [0.2, 0.25) is 5.91 Å². The number of carbonyl (C=O) groups is 1. The van der Waals surface area contributed by atoms with E-state index in [1.807, 2.05) is 0 Å². The van der Waals surface area contributed by atoms with Gasteiger partial charge in [0.05, 0.1) is 6.54 Å². The summed E-state index contributed by atoms with van der Waals surface area (Å²) in [6, 6.07) is 0.462. The van der Waals surface area contributed by atoms with Crippen molar-refractivity contribution in [2.45, 2.75) is 71.8 Å². The Morgan fingerprint density at radius 1 is 0.960 bits per heavy atom. The Kier molecular flexibility index (Phi) is 6.38. The third kappa shape index (κ3) is 5.20. The molecule has 0 heterocycles. The lowest BCUT2D eigenvalue weighted by Gasteiger charge is -2.54. The summed E-state index contributed by atoms with van der Waals surface area (Å²) >= 11 is 0. The van der Waals surface area contributed by atoms with Crippen molar-refractivity contribution >= 4 is 5.91 Å². The minimum atomic E-state index is 0.188. The molecule has 1 amide bonds. The Morgan fingerprint density at radius 3 is 2.20 bits per heavy atom. The van der Waals surface area contributed by atoms with Gasteiger partial charge in [0.25, 0.3) is 0 Å². The van der Waals surface area contributed by atoms with Crippen molar-refractivity contribution in [1.29, 1.82) is 0 Å². The fourth-order valence-corrected chi connectivity index (χ4v) is 5.52. The van der Waals surface area contributed by atoms with Gasteiger partial charge in [-0.2, -0.15) is 0 Å². The number of rotatable bonds is 8. The van der Waals surface area contributed by atoms with Gasteiger partial charge < -0.3 is 10.6 Å². The number of hydrogen-bond donors (Lipinski definition) is 2.